The Morgan fingerprint density at radius 3 is 2.86 bits per heavy atom. The van der Waals surface area contributed by atoms with E-state index in [1.807, 2.05) is 4.57 Å². The zero-order valence-electron chi connectivity index (χ0n) is 7.54. The molecule has 0 aliphatic rings. The minimum absolute atomic E-state index is 0.129. The summed E-state index contributed by atoms with van der Waals surface area (Å²) >= 11 is 11.6. The Labute approximate surface area is 90.9 Å². The van der Waals surface area contributed by atoms with Crippen molar-refractivity contribution in [2.75, 3.05) is 0 Å². The van der Waals surface area contributed by atoms with Crippen LogP contribution in [0.5, 0.6) is 0 Å². The molecule has 2 aromatic rings. The van der Waals surface area contributed by atoms with Gasteiger partial charge in [0.25, 0.3) is 0 Å². The van der Waals surface area contributed by atoms with Crippen LogP contribution in [0, 0.1) is 0 Å². The van der Waals surface area contributed by atoms with Gasteiger partial charge in [0.05, 0.1) is 6.33 Å². The van der Waals surface area contributed by atoms with Gasteiger partial charge in [0.2, 0.25) is 5.28 Å². The van der Waals surface area contributed by atoms with E-state index in [4.69, 9.17) is 23.2 Å². The average Bonchev–Trinajstić information content (AvgIpc) is 2.49. The third-order valence-electron chi connectivity index (χ3n) is 1.87. The van der Waals surface area contributed by atoms with E-state index in [1.54, 1.807) is 6.33 Å². The second-order valence-electron chi connectivity index (χ2n) is 2.89. The standard InChI is InChI=1S/C8H8Cl2N4/c1-2-3-14-4-11-7-5(14)6(9)12-8(10)13-7/h4H,2-3H2,1H3. The first-order chi connectivity index (χ1) is 6.72. The Morgan fingerprint density at radius 1 is 1.36 bits per heavy atom. The van der Waals surface area contributed by atoms with E-state index in [1.165, 1.54) is 0 Å². The summed E-state index contributed by atoms with van der Waals surface area (Å²) in [6.07, 6.45) is 2.70. The van der Waals surface area contributed by atoms with E-state index >= 15 is 0 Å². The summed E-state index contributed by atoms with van der Waals surface area (Å²) in [7, 11) is 0. The molecule has 2 aromatic heterocycles. The zero-order chi connectivity index (χ0) is 10.1. The van der Waals surface area contributed by atoms with Gasteiger partial charge in [0.15, 0.2) is 10.8 Å². The maximum atomic E-state index is 5.95. The normalized spacial score (nSPS) is 11.1. The maximum absolute atomic E-state index is 5.95. The largest absolute Gasteiger partial charge is 0.327 e. The second-order valence-corrected chi connectivity index (χ2v) is 3.59. The van der Waals surface area contributed by atoms with Gasteiger partial charge in [-0.05, 0) is 18.0 Å². The van der Waals surface area contributed by atoms with Crippen molar-refractivity contribution in [2.24, 2.45) is 0 Å². The van der Waals surface area contributed by atoms with Crippen LogP contribution in [0.25, 0.3) is 11.2 Å². The Balaban J connectivity index is 2.66. The predicted octanol–water partition coefficient (Wildman–Crippen LogP) is 2.54. The molecule has 0 fully saturated rings. The lowest BCUT2D eigenvalue weighted by Gasteiger charge is -2.01. The highest BCUT2D eigenvalue weighted by Gasteiger charge is 2.10. The summed E-state index contributed by atoms with van der Waals surface area (Å²) in [5.74, 6) is 0. The number of nitrogens with zero attached hydrogens (tertiary/aromatic N) is 4. The highest BCUT2D eigenvalue weighted by atomic mass is 35.5. The van der Waals surface area contributed by atoms with Crippen molar-refractivity contribution in [1.82, 2.24) is 19.5 Å². The van der Waals surface area contributed by atoms with E-state index in [0.29, 0.717) is 10.8 Å². The first-order valence-electron chi connectivity index (χ1n) is 4.26. The van der Waals surface area contributed by atoms with Crippen LogP contribution in [0.4, 0.5) is 0 Å². The molecule has 0 bridgehead atoms. The average molecular weight is 231 g/mol. The first-order valence-corrected chi connectivity index (χ1v) is 5.02. The summed E-state index contributed by atoms with van der Waals surface area (Å²) in [4.78, 5) is 12.0. The van der Waals surface area contributed by atoms with Gasteiger partial charge in [-0.15, -0.1) is 0 Å². The summed E-state index contributed by atoms with van der Waals surface area (Å²) in [6.45, 7) is 2.93. The molecule has 0 N–H and O–H groups in total. The van der Waals surface area contributed by atoms with Crippen LogP contribution in [0.3, 0.4) is 0 Å². The number of rotatable bonds is 2. The van der Waals surface area contributed by atoms with Crippen molar-refractivity contribution < 1.29 is 0 Å². The minimum Gasteiger partial charge on any atom is -0.327 e. The van der Waals surface area contributed by atoms with Crippen molar-refractivity contribution in [1.29, 1.82) is 0 Å². The fourth-order valence-electron chi connectivity index (χ4n) is 1.32. The SMILES string of the molecule is CCCn1cnc2nc(Cl)nc(Cl)c21. The number of aromatic nitrogens is 4. The van der Waals surface area contributed by atoms with E-state index in [-0.39, 0.29) is 5.28 Å². The highest BCUT2D eigenvalue weighted by molar-refractivity contribution is 6.35. The lowest BCUT2D eigenvalue weighted by molar-refractivity contribution is 0.696. The van der Waals surface area contributed by atoms with Gasteiger partial charge in [0.1, 0.15) is 5.52 Å². The number of hydrogen-bond donors (Lipinski definition) is 0. The molecule has 0 saturated carbocycles. The molecule has 4 nitrogen and oxygen atoms in total. The molecule has 74 valence electrons. The van der Waals surface area contributed by atoms with Gasteiger partial charge in [-0.2, -0.15) is 4.98 Å². The molecule has 0 radical (unpaired) electrons. The molecule has 0 aliphatic heterocycles. The van der Waals surface area contributed by atoms with Crippen LogP contribution >= 0.6 is 23.2 Å². The fourth-order valence-corrected chi connectivity index (χ4v) is 1.80. The molecular weight excluding hydrogens is 223 g/mol. The Hall–Kier alpha value is -0.870. The first kappa shape index (κ1) is 9.68. The van der Waals surface area contributed by atoms with E-state index < -0.39 is 0 Å². The molecule has 0 unspecified atom stereocenters. The smallest absolute Gasteiger partial charge is 0.225 e. The predicted molar refractivity (Wildman–Crippen MR) is 55.6 cm³/mol. The monoisotopic (exact) mass is 230 g/mol. The van der Waals surface area contributed by atoms with Gasteiger partial charge in [-0.1, -0.05) is 18.5 Å². The molecule has 0 spiro atoms. The summed E-state index contributed by atoms with van der Waals surface area (Å²) in [5.41, 5.74) is 1.29. The van der Waals surface area contributed by atoms with Crippen LogP contribution in [-0.2, 0) is 6.54 Å². The van der Waals surface area contributed by atoms with Crippen LogP contribution in [0.1, 0.15) is 13.3 Å². The quantitative estimate of drug-likeness (QED) is 0.589. The van der Waals surface area contributed by atoms with Gasteiger partial charge in [-0.25, -0.2) is 9.97 Å². The van der Waals surface area contributed by atoms with Gasteiger partial charge in [-0.3, -0.25) is 0 Å². The van der Waals surface area contributed by atoms with Crippen molar-refractivity contribution in [3.8, 4) is 0 Å². The lowest BCUT2D eigenvalue weighted by Crippen LogP contribution is -1.96. The van der Waals surface area contributed by atoms with E-state index in [2.05, 4.69) is 21.9 Å². The third kappa shape index (κ3) is 1.55. The lowest BCUT2D eigenvalue weighted by atomic mass is 10.4. The molecule has 2 rings (SSSR count). The van der Waals surface area contributed by atoms with E-state index in [9.17, 15) is 0 Å². The van der Waals surface area contributed by atoms with Gasteiger partial charge in [0, 0.05) is 6.54 Å². The summed E-state index contributed by atoms with van der Waals surface area (Å²) in [5, 5.41) is 0.482. The van der Waals surface area contributed by atoms with Crippen LogP contribution < -0.4 is 0 Å². The maximum Gasteiger partial charge on any atom is 0.225 e. The fraction of sp³-hybridized carbons (Fsp3) is 0.375. The molecule has 6 heteroatoms. The molecule has 2 heterocycles. The minimum atomic E-state index is 0.129. The topological polar surface area (TPSA) is 43.6 Å². The summed E-state index contributed by atoms with van der Waals surface area (Å²) in [6, 6.07) is 0. The van der Waals surface area contributed by atoms with Crippen molar-refractivity contribution in [3.05, 3.63) is 16.8 Å². The molecule has 0 saturated heterocycles. The van der Waals surface area contributed by atoms with Crippen LogP contribution in [-0.4, -0.2) is 19.5 Å². The van der Waals surface area contributed by atoms with E-state index in [0.717, 1.165) is 18.5 Å². The molecule has 0 aromatic carbocycles. The van der Waals surface area contributed by atoms with Crippen molar-refractivity contribution in [3.63, 3.8) is 0 Å². The molecule has 14 heavy (non-hydrogen) atoms. The molecule has 0 atom stereocenters. The van der Waals surface area contributed by atoms with Crippen molar-refractivity contribution >= 4 is 34.4 Å². The molecule has 0 amide bonds. The summed E-state index contributed by atoms with van der Waals surface area (Å²) < 4.78 is 1.92. The highest BCUT2D eigenvalue weighted by Crippen LogP contribution is 2.21. The number of fused-ring (bicyclic) bond motifs is 1. The Kier molecular flexibility index (Phi) is 2.56. The zero-order valence-corrected chi connectivity index (χ0v) is 9.05. The molecular formula is C8H8Cl2N4. The van der Waals surface area contributed by atoms with Crippen LogP contribution in [0.2, 0.25) is 10.4 Å². The number of hydrogen-bond acceptors (Lipinski definition) is 3. The number of imidazole rings is 1. The number of aryl methyl sites for hydroxylation is 1. The Bertz CT molecular complexity index is 466. The van der Waals surface area contributed by atoms with Crippen LogP contribution in [0.15, 0.2) is 6.33 Å². The van der Waals surface area contributed by atoms with Gasteiger partial charge >= 0.3 is 0 Å². The second kappa shape index (κ2) is 3.71. The third-order valence-corrected chi connectivity index (χ3v) is 2.30. The van der Waals surface area contributed by atoms with Gasteiger partial charge < -0.3 is 4.57 Å². The number of halogens is 2. The molecule has 0 aliphatic carbocycles. The van der Waals surface area contributed by atoms with Crippen molar-refractivity contribution in [2.45, 2.75) is 19.9 Å². The Morgan fingerprint density at radius 2 is 2.14 bits per heavy atom.